The number of aryl methyl sites for hydroxylation is 1. The van der Waals surface area contributed by atoms with Crippen molar-refractivity contribution in [2.75, 3.05) is 13.2 Å². The molecule has 7 heteroatoms. The zero-order chi connectivity index (χ0) is 14.8. The molecule has 1 saturated carbocycles. The van der Waals surface area contributed by atoms with Crippen LogP contribution in [0.15, 0.2) is 10.3 Å². The number of aliphatic hydroxyl groups is 1. The van der Waals surface area contributed by atoms with Crippen LogP contribution < -0.4 is 0 Å². The van der Waals surface area contributed by atoms with E-state index in [9.17, 15) is 13.5 Å². The Morgan fingerprint density at radius 1 is 1.40 bits per heavy atom. The standard InChI is InChI=1S/C13H20ClNO3S2/c1-10-9-12(19-13(10)14)20(17,18)15(7-8-16)11-5-3-2-4-6-11/h9,11,16H,2-8H2,1H3. The Hall–Kier alpha value is -0.140. The molecule has 114 valence electrons. The first-order valence-corrected chi connectivity index (χ1v) is 9.49. The summed E-state index contributed by atoms with van der Waals surface area (Å²) in [6.45, 7) is 1.80. The molecule has 2 rings (SSSR count). The summed E-state index contributed by atoms with van der Waals surface area (Å²) >= 11 is 7.08. The van der Waals surface area contributed by atoms with Gasteiger partial charge in [0.2, 0.25) is 0 Å². The fraction of sp³-hybridized carbons (Fsp3) is 0.692. The van der Waals surface area contributed by atoms with E-state index < -0.39 is 10.0 Å². The van der Waals surface area contributed by atoms with Gasteiger partial charge in [0.15, 0.2) is 0 Å². The van der Waals surface area contributed by atoms with Gasteiger partial charge in [-0.05, 0) is 31.4 Å². The van der Waals surface area contributed by atoms with Crippen molar-refractivity contribution >= 4 is 33.0 Å². The second kappa shape index (κ2) is 6.75. The van der Waals surface area contributed by atoms with Gasteiger partial charge in [-0.25, -0.2) is 8.42 Å². The van der Waals surface area contributed by atoms with Crippen LogP contribution in [0.3, 0.4) is 0 Å². The molecule has 1 heterocycles. The third kappa shape index (κ3) is 3.36. The summed E-state index contributed by atoms with van der Waals surface area (Å²) in [5.41, 5.74) is 0.780. The predicted molar refractivity (Wildman–Crippen MR) is 81.9 cm³/mol. The number of hydrogen-bond donors (Lipinski definition) is 1. The number of hydrogen-bond acceptors (Lipinski definition) is 4. The zero-order valence-corrected chi connectivity index (χ0v) is 13.9. The molecule has 0 amide bonds. The van der Waals surface area contributed by atoms with Crippen LogP contribution in [0, 0.1) is 6.92 Å². The Balaban J connectivity index is 2.31. The average molecular weight is 338 g/mol. The van der Waals surface area contributed by atoms with Crippen molar-refractivity contribution in [3.8, 4) is 0 Å². The summed E-state index contributed by atoms with van der Waals surface area (Å²) in [6.07, 6.45) is 5.00. The zero-order valence-electron chi connectivity index (χ0n) is 11.5. The molecule has 20 heavy (non-hydrogen) atoms. The topological polar surface area (TPSA) is 57.6 Å². The number of thiophene rings is 1. The lowest BCUT2D eigenvalue weighted by atomic mass is 9.95. The predicted octanol–water partition coefficient (Wildman–Crippen LogP) is 3.03. The van der Waals surface area contributed by atoms with E-state index in [2.05, 4.69) is 0 Å². The summed E-state index contributed by atoms with van der Waals surface area (Å²) in [5.74, 6) is 0. The van der Waals surface area contributed by atoms with E-state index in [0.717, 1.165) is 49.0 Å². The maximum Gasteiger partial charge on any atom is 0.252 e. The van der Waals surface area contributed by atoms with Gasteiger partial charge in [-0.3, -0.25) is 0 Å². The van der Waals surface area contributed by atoms with E-state index in [1.54, 1.807) is 13.0 Å². The number of halogens is 1. The Morgan fingerprint density at radius 3 is 2.55 bits per heavy atom. The molecule has 1 aromatic rings. The van der Waals surface area contributed by atoms with Gasteiger partial charge in [0.05, 0.1) is 10.9 Å². The second-order valence-corrected chi connectivity index (χ2v) is 8.93. The van der Waals surface area contributed by atoms with Crippen LogP contribution in [0.25, 0.3) is 0 Å². The normalized spacial score (nSPS) is 17.8. The number of nitrogens with zero attached hydrogens (tertiary/aromatic N) is 1. The molecule has 0 aromatic carbocycles. The molecule has 0 atom stereocenters. The molecule has 0 aliphatic heterocycles. The summed E-state index contributed by atoms with van der Waals surface area (Å²) in [7, 11) is -3.56. The molecular formula is C13H20ClNO3S2. The maximum atomic E-state index is 12.8. The molecule has 0 radical (unpaired) electrons. The third-order valence-electron chi connectivity index (χ3n) is 3.70. The maximum absolute atomic E-state index is 12.8. The van der Waals surface area contributed by atoms with Gasteiger partial charge in [-0.2, -0.15) is 4.31 Å². The Morgan fingerprint density at radius 2 is 2.05 bits per heavy atom. The van der Waals surface area contributed by atoms with Crippen LogP contribution in [-0.4, -0.2) is 37.0 Å². The van der Waals surface area contributed by atoms with Crippen molar-refractivity contribution in [2.45, 2.75) is 49.3 Å². The Labute approximate surface area is 129 Å². The van der Waals surface area contributed by atoms with Gasteiger partial charge in [0.25, 0.3) is 10.0 Å². The van der Waals surface area contributed by atoms with E-state index in [1.165, 1.54) is 4.31 Å². The van der Waals surface area contributed by atoms with Crippen LogP contribution in [-0.2, 0) is 10.0 Å². The molecular weight excluding hydrogens is 318 g/mol. The molecule has 0 bridgehead atoms. The van der Waals surface area contributed by atoms with Crippen molar-refractivity contribution in [1.29, 1.82) is 0 Å². The van der Waals surface area contributed by atoms with Gasteiger partial charge in [0.1, 0.15) is 4.21 Å². The summed E-state index contributed by atoms with van der Waals surface area (Å²) in [4.78, 5) is 0. The fourth-order valence-electron chi connectivity index (χ4n) is 2.64. The minimum Gasteiger partial charge on any atom is -0.395 e. The number of sulfonamides is 1. The molecule has 1 aliphatic carbocycles. The monoisotopic (exact) mass is 337 g/mol. The minimum absolute atomic E-state index is 0.00193. The van der Waals surface area contributed by atoms with Crippen molar-refractivity contribution in [3.05, 3.63) is 16.0 Å². The number of rotatable bonds is 5. The van der Waals surface area contributed by atoms with Gasteiger partial charge in [-0.1, -0.05) is 30.9 Å². The van der Waals surface area contributed by atoms with Crippen LogP contribution in [0.1, 0.15) is 37.7 Å². The van der Waals surface area contributed by atoms with Crippen molar-refractivity contribution < 1.29 is 13.5 Å². The van der Waals surface area contributed by atoms with Crippen molar-refractivity contribution in [3.63, 3.8) is 0 Å². The summed E-state index contributed by atoms with van der Waals surface area (Å²) in [5, 5.41) is 9.21. The second-order valence-electron chi connectivity index (χ2n) is 5.15. The van der Waals surface area contributed by atoms with Crippen molar-refractivity contribution in [2.24, 2.45) is 0 Å². The highest BCUT2D eigenvalue weighted by atomic mass is 35.5. The quantitative estimate of drug-likeness (QED) is 0.898. The van der Waals surface area contributed by atoms with Crippen LogP contribution in [0.4, 0.5) is 0 Å². The lowest BCUT2D eigenvalue weighted by Gasteiger charge is -2.32. The largest absolute Gasteiger partial charge is 0.395 e. The molecule has 1 fully saturated rings. The molecule has 1 aromatic heterocycles. The fourth-order valence-corrected chi connectivity index (χ4v) is 6.16. The summed E-state index contributed by atoms with van der Waals surface area (Å²) in [6, 6.07) is 1.62. The Kier molecular flexibility index (Phi) is 5.48. The highest BCUT2D eigenvalue weighted by Crippen LogP contribution is 2.34. The molecule has 1 N–H and O–H groups in total. The van der Waals surface area contributed by atoms with Gasteiger partial charge < -0.3 is 5.11 Å². The number of aliphatic hydroxyl groups excluding tert-OH is 1. The highest BCUT2D eigenvalue weighted by Gasteiger charge is 2.33. The smallest absolute Gasteiger partial charge is 0.252 e. The van der Waals surface area contributed by atoms with E-state index in [0.29, 0.717) is 4.34 Å². The molecule has 1 aliphatic rings. The summed E-state index contributed by atoms with van der Waals surface area (Å²) < 4.78 is 27.8. The SMILES string of the molecule is Cc1cc(S(=O)(=O)N(CCO)C2CCCCC2)sc1Cl. The molecule has 0 saturated heterocycles. The molecule has 0 spiro atoms. The highest BCUT2D eigenvalue weighted by molar-refractivity contribution is 7.91. The third-order valence-corrected chi connectivity index (χ3v) is 7.66. The van der Waals surface area contributed by atoms with Gasteiger partial charge >= 0.3 is 0 Å². The van der Waals surface area contributed by atoms with Gasteiger partial charge in [0, 0.05) is 12.6 Å². The lowest BCUT2D eigenvalue weighted by Crippen LogP contribution is -2.42. The minimum atomic E-state index is -3.56. The van der Waals surface area contributed by atoms with Crippen LogP contribution >= 0.6 is 22.9 Å². The van der Waals surface area contributed by atoms with Crippen LogP contribution in [0.5, 0.6) is 0 Å². The first kappa shape index (κ1) is 16.2. The molecule has 4 nitrogen and oxygen atoms in total. The van der Waals surface area contributed by atoms with Crippen molar-refractivity contribution in [1.82, 2.24) is 4.31 Å². The molecule has 0 unspecified atom stereocenters. The van der Waals surface area contributed by atoms with E-state index in [4.69, 9.17) is 11.6 Å². The van der Waals surface area contributed by atoms with Crippen LogP contribution in [0.2, 0.25) is 4.34 Å². The average Bonchev–Trinajstić information content (AvgIpc) is 2.77. The lowest BCUT2D eigenvalue weighted by molar-refractivity contribution is 0.199. The van der Waals surface area contributed by atoms with Gasteiger partial charge in [-0.15, -0.1) is 11.3 Å². The van der Waals surface area contributed by atoms with E-state index >= 15 is 0 Å². The van der Waals surface area contributed by atoms with E-state index in [1.807, 2.05) is 0 Å². The first-order chi connectivity index (χ1) is 9.46. The first-order valence-electron chi connectivity index (χ1n) is 6.85. The van der Waals surface area contributed by atoms with E-state index in [-0.39, 0.29) is 23.4 Å². The Bertz CT molecular complexity index is 530.